The minimum atomic E-state index is -1.34. The lowest BCUT2D eigenvalue weighted by Gasteiger charge is -2.19. The molecule has 0 aliphatic rings. The van der Waals surface area contributed by atoms with E-state index >= 15 is 0 Å². The predicted octanol–water partition coefficient (Wildman–Crippen LogP) is -0.489. The quantitative estimate of drug-likeness (QED) is 0.516. The first-order valence-corrected chi connectivity index (χ1v) is 3.07. The molecule has 0 aromatic carbocycles. The zero-order chi connectivity index (χ0) is 9.07. The van der Waals surface area contributed by atoms with Crippen molar-refractivity contribution in [3.63, 3.8) is 0 Å². The second-order valence-corrected chi connectivity index (χ2v) is 2.64. The molecule has 0 spiro atoms. The van der Waals surface area contributed by atoms with Crippen molar-refractivity contribution in [1.82, 2.24) is 0 Å². The zero-order valence-corrected chi connectivity index (χ0v) is 6.20. The Kier molecular flexibility index (Phi) is 3.00. The topological polar surface area (TPSA) is 101 Å². The summed E-state index contributed by atoms with van der Waals surface area (Å²) < 4.78 is 0. The van der Waals surface area contributed by atoms with Gasteiger partial charge in [0.1, 0.15) is 0 Å². The smallest absolute Gasteiger partial charge is 0.311 e. The van der Waals surface area contributed by atoms with Gasteiger partial charge in [0, 0.05) is 6.54 Å². The van der Waals surface area contributed by atoms with Gasteiger partial charge in [-0.25, -0.2) is 0 Å². The molecule has 64 valence electrons. The molecule has 0 rings (SSSR count). The van der Waals surface area contributed by atoms with E-state index in [1.165, 1.54) is 6.92 Å². The molecular formula is C6H11NO4. The molecule has 0 radical (unpaired) electrons. The largest absolute Gasteiger partial charge is 0.481 e. The molecule has 0 amide bonds. The molecule has 0 bridgehead atoms. The monoisotopic (exact) mass is 161 g/mol. The number of nitrogens with two attached hydrogens (primary N) is 1. The van der Waals surface area contributed by atoms with Crippen molar-refractivity contribution in [2.24, 2.45) is 11.1 Å². The van der Waals surface area contributed by atoms with Gasteiger partial charge in [-0.2, -0.15) is 0 Å². The molecule has 4 N–H and O–H groups in total. The van der Waals surface area contributed by atoms with Crippen molar-refractivity contribution in [1.29, 1.82) is 0 Å². The molecule has 0 saturated carbocycles. The Labute approximate surface area is 63.8 Å². The van der Waals surface area contributed by atoms with Crippen LogP contribution in [0.3, 0.4) is 0 Å². The predicted molar refractivity (Wildman–Crippen MR) is 37.0 cm³/mol. The van der Waals surface area contributed by atoms with Crippen molar-refractivity contribution >= 4 is 11.9 Å². The summed E-state index contributed by atoms with van der Waals surface area (Å²) in [6.07, 6.45) is -0.446. The van der Waals surface area contributed by atoms with E-state index in [1.807, 2.05) is 0 Å². The number of aliphatic carboxylic acids is 2. The maximum absolute atomic E-state index is 10.4. The van der Waals surface area contributed by atoms with Crippen LogP contribution in [0.2, 0.25) is 0 Å². The van der Waals surface area contributed by atoms with Crippen LogP contribution in [0.4, 0.5) is 0 Å². The Morgan fingerprint density at radius 1 is 1.45 bits per heavy atom. The van der Waals surface area contributed by atoms with Gasteiger partial charge >= 0.3 is 11.9 Å². The molecule has 1 unspecified atom stereocenters. The highest BCUT2D eigenvalue weighted by atomic mass is 16.4. The molecular weight excluding hydrogens is 150 g/mol. The second-order valence-electron chi connectivity index (χ2n) is 2.64. The third kappa shape index (κ3) is 2.55. The third-order valence-electron chi connectivity index (χ3n) is 1.51. The molecule has 0 aliphatic heterocycles. The molecule has 1 atom stereocenters. The van der Waals surface area contributed by atoms with E-state index in [0.29, 0.717) is 0 Å². The average Bonchev–Trinajstić information content (AvgIpc) is 1.86. The number of hydrogen-bond donors (Lipinski definition) is 3. The maximum Gasteiger partial charge on any atom is 0.311 e. The molecule has 0 heterocycles. The van der Waals surface area contributed by atoms with Gasteiger partial charge in [-0.05, 0) is 6.92 Å². The fourth-order valence-electron chi connectivity index (χ4n) is 0.569. The number of carboxylic acid groups (broad SMARTS) is 2. The summed E-state index contributed by atoms with van der Waals surface area (Å²) in [6.45, 7) is 1.14. The van der Waals surface area contributed by atoms with Crippen molar-refractivity contribution in [2.45, 2.75) is 13.3 Å². The van der Waals surface area contributed by atoms with Crippen molar-refractivity contribution in [3.05, 3.63) is 0 Å². The van der Waals surface area contributed by atoms with Crippen LogP contribution in [0.25, 0.3) is 0 Å². The SMILES string of the molecule is CC(CN)(CC(=O)O)C(=O)O. The third-order valence-corrected chi connectivity index (χ3v) is 1.51. The minimum Gasteiger partial charge on any atom is -0.481 e. The Balaban J connectivity index is 4.34. The first kappa shape index (κ1) is 9.90. The number of rotatable bonds is 4. The van der Waals surface area contributed by atoms with Gasteiger partial charge in [-0.15, -0.1) is 0 Å². The lowest BCUT2D eigenvalue weighted by atomic mass is 9.87. The van der Waals surface area contributed by atoms with Gasteiger partial charge in [0.2, 0.25) is 0 Å². The molecule has 0 aromatic heterocycles. The van der Waals surface area contributed by atoms with E-state index in [2.05, 4.69) is 0 Å². The van der Waals surface area contributed by atoms with Gasteiger partial charge in [0.25, 0.3) is 0 Å². The first-order valence-electron chi connectivity index (χ1n) is 3.07. The molecule has 0 saturated heterocycles. The minimum absolute atomic E-state index is 0.172. The Morgan fingerprint density at radius 3 is 2.00 bits per heavy atom. The van der Waals surface area contributed by atoms with Crippen LogP contribution in [-0.2, 0) is 9.59 Å². The van der Waals surface area contributed by atoms with Crippen molar-refractivity contribution in [2.75, 3.05) is 6.54 Å². The Morgan fingerprint density at radius 2 is 1.91 bits per heavy atom. The van der Waals surface area contributed by atoms with Gasteiger partial charge in [-0.1, -0.05) is 0 Å². The Hall–Kier alpha value is -1.10. The van der Waals surface area contributed by atoms with E-state index in [-0.39, 0.29) is 6.54 Å². The second kappa shape index (κ2) is 3.34. The summed E-state index contributed by atoms with van der Waals surface area (Å²) in [5.41, 5.74) is 3.77. The van der Waals surface area contributed by atoms with Gasteiger partial charge in [0.15, 0.2) is 0 Å². The lowest BCUT2D eigenvalue weighted by molar-refractivity contribution is -0.154. The van der Waals surface area contributed by atoms with Crippen LogP contribution in [0.1, 0.15) is 13.3 Å². The normalized spacial score (nSPS) is 15.5. The maximum atomic E-state index is 10.4. The van der Waals surface area contributed by atoms with Gasteiger partial charge in [-0.3, -0.25) is 9.59 Å². The highest BCUT2D eigenvalue weighted by Gasteiger charge is 2.34. The van der Waals surface area contributed by atoms with Gasteiger partial charge in [0.05, 0.1) is 11.8 Å². The zero-order valence-electron chi connectivity index (χ0n) is 6.20. The highest BCUT2D eigenvalue weighted by molar-refractivity contribution is 5.81. The van der Waals surface area contributed by atoms with E-state index < -0.39 is 23.8 Å². The molecule has 11 heavy (non-hydrogen) atoms. The molecule has 0 fully saturated rings. The van der Waals surface area contributed by atoms with Crippen molar-refractivity contribution < 1.29 is 19.8 Å². The van der Waals surface area contributed by atoms with Crippen LogP contribution in [0.5, 0.6) is 0 Å². The average molecular weight is 161 g/mol. The molecule has 0 aromatic rings. The van der Waals surface area contributed by atoms with Crippen LogP contribution in [0, 0.1) is 5.41 Å². The summed E-state index contributed by atoms with van der Waals surface area (Å²) in [6, 6.07) is 0. The van der Waals surface area contributed by atoms with Crippen LogP contribution < -0.4 is 5.73 Å². The molecule has 0 aliphatic carbocycles. The summed E-state index contributed by atoms with van der Waals surface area (Å²) in [4.78, 5) is 20.6. The standard InChI is InChI=1S/C6H11NO4/c1-6(3-7,5(10)11)2-4(8)9/h2-3,7H2,1H3,(H,8,9)(H,10,11). The summed E-state index contributed by atoms with van der Waals surface area (Å²) >= 11 is 0. The fraction of sp³-hybridized carbons (Fsp3) is 0.667. The van der Waals surface area contributed by atoms with E-state index in [0.717, 1.165) is 0 Å². The Bertz CT molecular complexity index is 179. The number of carbonyl (C=O) groups is 2. The molecule has 5 heteroatoms. The van der Waals surface area contributed by atoms with Gasteiger partial charge < -0.3 is 15.9 Å². The lowest BCUT2D eigenvalue weighted by Crippen LogP contribution is -2.37. The summed E-state index contributed by atoms with van der Waals surface area (Å²) in [5, 5.41) is 16.8. The highest BCUT2D eigenvalue weighted by Crippen LogP contribution is 2.19. The van der Waals surface area contributed by atoms with E-state index in [1.54, 1.807) is 0 Å². The number of hydrogen-bond acceptors (Lipinski definition) is 3. The fourth-order valence-corrected chi connectivity index (χ4v) is 0.569. The van der Waals surface area contributed by atoms with Crippen molar-refractivity contribution in [3.8, 4) is 0 Å². The van der Waals surface area contributed by atoms with Crippen LogP contribution in [-0.4, -0.2) is 28.7 Å². The molecule has 5 nitrogen and oxygen atoms in total. The first-order chi connectivity index (χ1) is 4.92. The summed E-state index contributed by atoms with van der Waals surface area (Å²) in [7, 11) is 0. The van der Waals surface area contributed by atoms with E-state index in [4.69, 9.17) is 15.9 Å². The van der Waals surface area contributed by atoms with Crippen LogP contribution >= 0.6 is 0 Å². The van der Waals surface area contributed by atoms with E-state index in [9.17, 15) is 9.59 Å². The van der Waals surface area contributed by atoms with Crippen LogP contribution in [0.15, 0.2) is 0 Å². The number of carboxylic acids is 2. The summed E-state index contributed by atoms with van der Waals surface area (Å²) in [5.74, 6) is -2.33.